The van der Waals surface area contributed by atoms with E-state index < -0.39 is 0 Å². The fourth-order valence-electron chi connectivity index (χ4n) is 2.41. The van der Waals surface area contributed by atoms with Gasteiger partial charge in [0.05, 0.1) is 18.5 Å². The summed E-state index contributed by atoms with van der Waals surface area (Å²) in [7, 11) is 0. The summed E-state index contributed by atoms with van der Waals surface area (Å²) in [5.41, 5.74) is 1.73. The third-order valence-electron chi connectivity index (χ3n) is 3.34. The number of esters is 1. The molecule has 0 aliphatic heterocycles. The predicted octanol–water partition coefficient (Wildman–Crippen LogP) is 2.15. The number of ether oxygens (including phenoxy) is 1. The standard InChI is InChI=1S/C16H14ClN3O3/c17-16-18-6-5-14(19-16)20-10-11(9-15(22)23-8-7-21)12-3-1-2-4-13(12)20/h1-6,10,21H,7-9H2. The minimum Gasteiger partial charge on any atom is -0.463 e. The smallest absolute Gasteiger partial charge is 0.310 e. The van der Waals surface area contributed by atoms with Crippen LogP contribution in [0.4, 0.5) is 0 Å². The molecular formula is C16H14ClN3O3. The number of carbonyl (C=O) groups excluding carboxylic acids is 1. The Morgan fingerprint density at radius 3 is 2.91 bits per heavy atom. The summed E-state index contributed by atoms with van der Waals surface area (Å²) >= 11 is 5.86. The van der Waals surface area contributed by atoms with Crippen LogP contribution in [0.15, 0.2) is 42.7 Å². The van der Waals surface area contributed by atoms with Gasteiger partial charge in [-0.3, -0.25) is 4.79 Å². The number of hydrogen-bond acceptors (Lipinski definition) is 5. The van der Waals surface area contributed by atoms with Gasteiger partial charge in [-0.05, 0) is 29.3 Å². The second kappa shape index (κ2) is 6.76. The van der Waals surface area contributed by atoms with E-state index in [0.29, 0.717) is 5.82 Å². The molecule has 0 fully saturated rings. The van der Waals surface area contributed by atoms with Gasteiger partial charge in [0.15, 0.2) is 0 Å². The average Bonchev–Trinajstić information content (AvgIpc) is 2.92. The molecule has 2 aromatic heterocycles. The number of aliphatic hydroxyl groups excluding tert-OH is 1. The van der Waals surface area contributed by atoms with Crippen molar-refractivity contribution < 1.29 is 14.6 Å². The molecular weight excluding hydrogens is 318 g/mol. The fourth-order valence-corrected chi connectivity index (χ4v) is 2.55. The molecule has 0 radical (unpaired) electrons. The van der Waals surface area contributed by atoms with Crippen molar-refractivity contribution in [2.24, 2.45) is 0 Å². The molecule has 2 heterocycles. The van der Waals surface area contributed by atoms with E-state index in [2.05, 4.69) is 9.97 Å². The molecule has 23 heavy (non-hydrogen) atoms. The highest BCUT2D eigenvalue weighted by Crippen LogP contribution is 2.25. The van der Waals surface area contributed by atoms with Gasteiger partial charge in [0.2, 0.25) is 5.28 Å². The number of hydrogen-bond donors (Lipinski definition) is 1. The monoisotopic (exact) mass is 331 g/mol. The molecule has 3 rings (SSSR count). The van der Waals surface area contributed by atoms with Crippen LogP contribution in [0.5, 0.6) is 0 Å². The number of carbonyl (C=O) groups is 1. The number of benzene rings is 1. The van der Waals surface area contributed by atoms with Gasteiger partial charge in [0, 0.05) is 17.8 Å². The highest BCUT2D eigenvalue weighted by Gasteiger charge is 2.14. The van der Waals surface area contributed by atoms with Gasteiger partial charge in [-0.15, -0.1) is 0 Å². The maximum atomic E-state index is 11.8. The number of nitrogens with zero attached hydrogens (tertiary/aromatic N) is 3. The van der Waals surface area contributed by atoms with Crippen LogP contribution >= 0.6 is 11.6 Å². The normalized spacial score (nSPS) is 10.9. The molecule has 0 atom stereocenters. The largest absolute Gasteiger partial charge is 0.463 e. The summed E-state index contributed by atoms with van der Waals surface area (Å²) in [4.78, 5) is 19.9. The molecule has 0 saturated heterocycles. The number of aliphatic hydroxyl groups is 1. The summed E-state index contributed by atoms with van der Waals surface area (Å²) in [5, 5.41) is 9.81. The van der Waals surface area contributed by atoms with Gasteiger partial charge in [-0.25, -0.2) is 4.98 Å². The maximum Gasteiger partial charge on any atom is 0.310 e. The lowest BCUT2D eigenvalue weighted by molar-refractivity contribution is -0.143. The Balaban J connectivity index is 2.02. The molecule has 0 amide bonds. The zero-order valence-corrected chi connectivity index (χ0v) is 12.9. The van der Waals surface area contributed by atoms with Crippen LogP contribution in [0.2, 0.25) is 5.28 Å². The Morgan fingerprint density at radius 2 is 2.13 bits per heavy atom. The molecule has 118 valence electrons. The number of fused-ring (bicyclic) bond motifs is 1. The van der Waals surface area contributed by atoms with E-state index in [1.165, 1.54) is 0 Å². The Morgan fingerprint density at radius 1 is 1.30 bits per heavy atom. The number of rotatable bonds is 5. The van der Waals surface area contributed by atoms with E-state index in [1.54, 1.807) is 12.3 Å². The van der Waals surface area contributed by atoms with Gasteiger partial charge in [0.1, 0.15) is 12.4 Å². The van der Waals surface area contributed by atoms with Crippen molar-refractivity contribution in [3.8, 4) is 5.82 Å². The minimum absolute atomic E-state index is 0.000999. The Hall–Kier alpha value is -2.44. The van der Waals surface area contributed by atoms with Crippen molar-refractivity contribution in [3.63, 3.8) is 0 Å². The lowest BCUT2D eigenvalue weighted by Gasteiger charge is -2.03. The fraction of sp³-hybridized carbons (Fsp3) is 0.188. The van der Waals surface area contributed by atoms with Crippen molar-refractivity contribution in [1.82, 2.24) is 14.5 Å². The summed E-state index contributed by atoms with van der Waals surface area (Å²) in [6, 6.07) is 9.43. The summed E-state index contributed by atoms with van der Waals surface area (Å²) in [6.07, 6.45) is 3.53. The zero-order valence-electron chi connectivity index (χ0n) is 12.1. The first kappa shape index (κ1) is 15.5. The Bertz CT molecular complexity index is 847. The summed E-state index contributed by atoms with van der Waals surface area (Å²) in [5.74, 6) is 0.235. The number of halogens is 1. The van der Waals surface area contributed by atoms with Crippen LogP contribution in [0.1, 0.15) is 5.56 Å². The summed E-state index contributed by atoms with van der Waals surface area (Å²) in [6.45, 7) is -0.189. The molecule has 0 aliphatic rings. The van der Waals surface area contributed by atoms with E-state index >= 15 is 0 Å². The molecule has 6 nitrogen and oxygen atoms in total. The predicted molar refractivity (Wildman–Crippen MR) is 85.6 cm³/mol. The summed E-state index contributed by atoms with van der Waals surface area (Å²) < 4.78 is 6.79. The maximum absolute atomic E-state index is 11.8. The molecule has 3 aromatic rings. The Kier molecular flexibility index (Phi) is 4.55. The topological polar surface area (TPSA) is 77.2 Å². The van der Waals surface area contributed by atoms with Gasteiger partial charge in [-0.2, -0.15) is 4.98 Å². The van der Waals surface area contributed by atoms with Crippen molar-refractivity contribution in [2.45, 2.75) is 6.42 Å². The van der Waals surface area contributed by atoms with E-state index in [-0.39, 0.29) is 30.9 Å². The molecule has 0 bridgehead atoms. The van der Waals surface area contributed by atoms with Crippen LogP contribution in [-0.2, 0) is 16.0 Å². The first-order valence-electron chi connectivity index (χ1n) is 7.03. The van der Waals surface area contributed by atoms with Gasteiger partial charge >= 0.3 is 5.97 Å². The lowest BCUT2D eigenvalue weighted by Crippen LogP contribution is -2.10. The van der Waals surface area contributed by atoms with Gasteiger partial charge in [-0.1, -0.05) is 18.2 Å². The quantitative estimate of drug-likeness (QED) is 0.572. The van der Waals surface area contributed by atoms with Crippen molar-refractivity contribution >= 4 is 28.5 Å². The average molecular weight is 332 g/mol. The van der Waals surface area contributed by atoms with Crippen LogP contribution in [0.3, 0.4) is 0 Å². The SMILES string of the molecule is O=C(Cc1cn(-c2ccnc(Cl)n2)c2ccccc12)OCCO. The minimum atomic E-state index is -0.386. The van der Waals surface area contributed by atoms with Crippen LogP contribution in [0.25, 0.3) is 16.7 Å². The molecule has 0 saturated carbocycles. The van der Waals surface area contributed by atoms with E-state index in [1.807, 2.05) is 35.0 Å². The molecule has 0 unspecified atom stereocenters. The lowest BCUT2D eigenvalue weighted by atomic mass is 10.1. The molecule has 1 N–H and O–H groups in total. The van der Waals surface area contributed by atoms with Crippen molar-refractivity contribution in [1.29, 1.82) is 0 Å². The first-order valence-corrected chi connectivity index (χ1v) is 7.41. The van der Waals surface area contributed by atoms with Gasteiger partial charge in [0.25, 0.3) is 0 Å². The van der Waals surface area contributed by atoms with Gasteiger partial charge < -0.3 is 14.4 Å². The third kappa shape index (κ3) is 3.33. The number of para-hydroxylation sites is 1. The van der Waals surface area contributed by atoms with Crippen molar-refractivity contribution in [2.75, 3.05) is 13.2 Å². The van der Waals surface area contributed by atoms with E-state index in [9.17, 15) is 4.79 Å². The van der Waals surface area contributed by atoms with E-state index in [4.69, 9.17) is 21.4 Å². The Labute approximate surface area is 137 Å². The van der Waals surface area contributed by atoms with Crippen molar-refractivity contribution in [3.05, 3.63) is 53.6 Å². The highest BCUT2D eigenvalue weighted by atomic mass is 35.5. The molecule has 0 aliphatic carbocycles. The molecule has 0 spiro atoms. The zero-order chi connectivity index (χ0) is 16.2. The van der Waals surface area contributed by atoms with Crippen LogP contribution < -0.4 is 0 Å². The second-order valence-electron chi connectivity index (χ2n) is 4.85. The van der Waals surface area contributed by atoms with E-state index in [0.717, 1.165) is 16.5 Å². The first-order chi connectivity index (χ1) is 11.2. The highest BCUT2D eigenvalue weighted by molar-refractivity contribution is 6.28. The molecule has 1 aromatic carbocycles. The van der Waals surface area contributed by atoms with Crippen LogP contribution in [-0.4, -0.2) is 38.8 Å². The molecule has 7 heteroatoms. The number of aromatic nitrogens is 3. The second-order valence-corrected chi connectivity index (χ2v) is 5.18. The third-order valence-corrected chi connectivity index (χ3v) is 3.52. The van der Waals surface area contributed by atoms with Crippen LogP contribution in [0, 0.1) is 0 Å².